The van der Waals surface area contributed by atoms with Gasteiger partial charge in [0, 0.05) is 131 Å². The maximum atomic E-state index is 10.7. The van der Waals surface area contributed by atoms with E-state index in [0.29, 0.717) is 156 Å². The van der Waals surface area contributed by atoms with Crippen LogP contribution in [-0.2, 0) is 24.2 Å². The van der Waals surface area contributed by atoms with Gasteiger partial charge in [-0.05, 0) is 193 Å². The SMILES string of the molecule is CCC(CC)CCO/N=C1/C(c2c(O)[nH]c3ccc(Br)cc23)=Nc2ccccc21.CCC(O)CN(C)CCO/N=C1/C(c2c(O)[nH]c3ccc(Br)cc23)=Nc2ccccc21.CCC(O)C[NH+](C)CCO/N=C1/C(c2c(O)[nH]c3ccc(Br)cc23)=Nc2ccccc21.CCN(CC)CCO/N=C1/C(c2c(O)[nH]c3ccc(Br)cc23)=Nc2ccccc21.Oc1[nH]c2ccc(Br)cc2c1C1=Nc2ccccc2/C1=N\OCCN1CCCC1. The molecule has 3 unspecified atom stereocenters. The second-order valence-electron chi connectivity index (χ2n) is 36.8. The van der Waals surface area contributed by atoms with Crippen LogP contribution in [0.3, 0.4) is 0 Å². The number of H-pyrrole nitrogens is 5. The summed E-state index contributed by atoms with van der Waals surface area (Å²) in [5.41, 5.74) is 21.8. The van der Waals surface area contributed by atoms with Crippen LogP contribution in [0.4, 0.5) is 28.4 Å². The summed E-state index contributed by atoms with van der Waals surface area (Å²) in [5, 5.41) is 99.3. The molecule has 10 aromatic carbocycles. The van der Waals surface area contributed by atoms with Crippen molar-refractivity contribution in [1.82, 2.24) is 39.6 Å². The molecule has 772 valence electrons. The van der Waals surface area contributed by atoms with Crippen molar-refractivity contribution in [3.63, 3.8) is 0 Å². The number of likely N-dealkylation sites (tertiary alicyclic amines) is 1. The van der Waals surface area contributed by atoms with Gasteiger partial charge in [0.15, 0.2) is 36.0 Å². The fraction of sp³-hybridized carbons (Fsp3) is 0.292. The molecule has 0 spiro atoms. The van der Waals surface area contributed by atoms with Crippen LogP contribution >= 0.6 is 79.6 Å². The number of nitrogens with one attached hydrogen (secondary N) is 6. The van der Waals surface area contributed by atoms with Gasteiger partial charge in [-0.25, -0.2) is 25.0 Å². The van der Waals surface area contributed by atoms with Crippen LogP contribution in [0.1, 0.15) is 142 Å². The number of para-hydroxylation sites is 5. The zero-order valence-electron chi connectivity index (χ0n) is 83.9. The van der Waals surface area contributed by atoms with Gasteiger partial charge in [0.25, 0.3) is 0 Å². The first-order valence-corrected chi connectivity index (χ1v) is 54.1. The highest BCUT2D eigenvalue weighted by Crippen LogP contribution is 2.44. The van der Waals surface area contributed by atoms with E-state index in [1.807, 2.05) is 245 Å². The van der Waals surface area contributed by atoms with E-state index in [2.05, 4.69) is 168 Å². The molecule has 5 aromatic heterocycles. The highest BCUT2D eigenvalue weighted by Gasteiger charge is 2.37. The van der Waals surface area contributed by atoms with E-state index in [-0.39, 0.29) is 41.6 Å². The number of aromatic nitrogens is 5. The minimum absolute atomic E-state index is 0.0423. The predicted octanol–water partition coefficient (Wildman–Crippen LogP) is 22.7. The number of nitrogens with zero attached hydrogens (tertiary/aromatic N) is 13. The molecule has 3 atom stereocenters. The lowest BCUT2D eigenvalue weighted by atomic mass is 10.0. The molecular weight excluding hydrogens is 2210 g/mol. The van der Waals surface area contributed by atoms with Gasteiger partial charge >= 0.3 is 0 Å². The van der Waals surface area contributed by atoms with Crippen LogP contribution in [0.5, 0.6) is 29.4 Å². The lowest BCUT2D eigenvalue weighted by Crippen LogP contribution is -3.10. The highest BCUT2D eigenvalue weighted by atomic mass is 79.9. The van der Waals surface area contributed by atoms with Crippen LogP contribution in [0.15, 0.2) is 285 Å². The van der Waals surface area contributed by atoms with Crippen molar-refractivity contribution >= 4 is 220 Å². The lowest BCUT2D eigenvalue weighted by Gasteiger charge is -2.18. The highest BCUT2D eigenvalue weighted by molar-refractivity contribution is 9.11. The molecule has 31 nitrogen and oxygen atoms in total. The third-order valence-electron chi connectivity index (χ3n) is 26.8. The van der Waals surface area contributed by atoms with Crippen LogP contribution in [0.2, 0.25) is 0 Å². The Hall–Kier alpha value is -13.2. The van der Waals surface area contributed by atoms with Crippen LogP contribution in [0.25, 0.3) is 54.5 Å². The van der Waals surface area contributed by atoms with E-state index in [0.717, 1.165) is 198 Å². The third-order valence-corrected chi connectivity index (χ3v) is 29.3. The summed E-state index contributed by atoms with van der Waals surface area (Å²) in [6, 6.07) is 67.9. The number of oxime groups is 5. The number of benzene rings is 10. The number of aliphatic imine (C=N–C) groups is 5. The van der Waals surface area contributed by atoms with Crippen molar-refractivity contribution < 1.29 is 64.8 Å². The fourth-order valence-corrected chi connectivity index (χ4v) is 20.4. The van der Waals surface area contributed by atoms with Crippen LogP contribution in [-0.4, -0.2) is 257 Å². The predicted molar refractivity (Wildman–Crippen MR) is 613 cm³/mol. The molecule has 0 aliphatic carbocycles. The molecule has 13 N–H and O–H groups in total. The number of aromatic hydroxyl groups is 5. The Morgan fingerprint density at radius 3 is 0.940 bits per heavy atom. The number of likely N-dealkylation sites (N-methyl/N-ethyl adjacent to an activating group) is 3. The summed E-state index contributed by atoms with van der Waals surface area (Å²) < 4.78 is 4.60. The van der Waals surface area contributed by atoms with E-state index in [1.165, 1.54) is 17.7 Å². The maximum absolute atomic E-state index is 10.7. The largest absolute Gasteiger partial charge is 0.494 e. The van der Waals surface area contributed by atoms with Gasteiger partial charge in [-0.15, -0.1) is 0 Å². The Bertz CT molecular complexity index is 7120. The van der Waals surface area contributed by atoms with Gasteiger partial charge in [0.1, 0.15) is 103 Å². The summed E-state index contributed by atoms with van der Waals surface area (Å²) >= 11 is 17.5. The molecule has 6 aliphatic heterocycles. The number of hydrogen-bond acceptors (Lipinski definition) is 25. The Balaban J connectivity index is 0.000000127. The molecular formula is C113H119Br5N19O12+. The molecule has 15 aromatic rings. The van der Waals surface area contributed by atoms with Gasteiger partial charge in [0.05, 0.1) is 69.4 Å². The number of rotatable bonds is 35. The number of hydrogen-bond donors (Lipinski definition) is 13. The molecule has 1 fully saturated rings. The van der Waals surface area contributed by atoms with Crippen LogP contribution in [0, 0.1) is 5.92 Å². The average molecular weight is 2330 g/mol. The van der Waals surface area contributed by atoms with E-state index in [4.69, 9.17) is 49.1 Å². The van der Waals surface area contributed by atoms with Crippen molar-refractivity contribution in [2.24, 2.45) is 56.7 Å². The number of quaternary nitrogens is 1. The van der Waals surface area contributed by atoms with Gasteiger partial charge in [0.2, 0.25) is 0 Å². The number of aliphatic hydroxyl groups is 2. The first kappa shape index (κ1) is 107. The van der Waals surface area contributed by atoms with E-state index in [1.54, 1.807) is 0 Å². The van der Waals surface area contributed by atoms with E-state index in [9.17, 15) is 35.7 Å². The number of aromatic amines is 5. The zero-order valence-corrected chi connectivity index (χ0v) is 91.8. The van der Waals surface area contributed by atoms with E-state index >= 15 is 0 Å². The second-order valence-corrected chi connectivity index (χ2v) is 41.4. The molecule has 149 heavy (non-hydrogen) atoms. The molecule has 0 saturated carbocycles. The molecule has 0 bridgehead atoms. The molecule has 21 rings (SSSR count). The Kier molecular flexibility index (Phi) is 35.9. The fourth-order valence-electron chi connectivity index (χ4n) is 18.6. The standard InChI is InChI=1S/2C23H25BrN4O3.C23H24BrN3O2.C22H21BrN4O2.C22H23BrN4O2/c2*1-3-15(29)13-28(2)10-11-31-27-21-16-6-4-5-7-18(16)25-22(21)20-17-12-14(24)8-9-19(17)26-23(20)30;1-3-14(4-2)11-12-29-27-21-16-7-5-6-8-18(16)25-22(21)20-17-13-15(24)9-10-19(17)26-23(20)28;23-14-7-8-18-16(13-14)19(22(28)25-18)21-20(15-5-1-2-6-17(15)24-21)26-29-12-11-27-9-3-4-10-27;1-3-27(4-2)11-12-29-26-20-15-7-5-6-8-17(15)24-21(20)19-16-13-14(23)9-10-18(16)25-22(19)28/h2*4-9,12,15,26,29-30H,3,10-11,13H2,1-2H3;5-10,13-14,26,28H,3-4,11-12H2,1-2H3;1-2,5-8,13,25,28H,3-4,9-12H2;5-10,13,25,28H,3-4,11-12H2,1-2H3/p+1/b3*27-21+;2*26-20+. The minimum atomic E-state index is -0.346. The molecule has 0 amide bonds. The molecule has 1 saturated heterocycles. The number of halogens is 5. The second kappa shape index (κ2) is 49.9. The van der Waals surface area contributed by atoms with Gasteiger partial charge in [-0.2, -0.15) is 0 Å². The number of aliphatic hydroxyl groups excluding tert-OH is 2. The molecule has 0 radical (unpaired) electrons. The average Bonchev–Trinajstić information content (AvgIpc) is 1.62. The summed E-state index contributed by atoms with van der Waals surface area (Å²) in [4.78, 5) is 75.2. The van der Waals surface area contributed by atoms with Crippen LogP contribution < -0.4 is 4.90 Å². The van der Waals surface area contributed by atoms with Gasteiger partial charge in [-0.3, -0.25) is 4.90 Å². The van der Waals surface area contributed by atoms with E-state index < -0.39 is 0 Å². The van der Waals surface area contributed by atoms with Gasteiger partial charge in [-0.1, -0.05) is 251 Å². The Morgan fingerprint density at radius 1 is 0.362 bits per heavy atom. The van der Waals surface area contributed by atoms with Crippen molar-refractivity contribution in [2.45, 2.75) is 98.7 Å². The summed E-state index contributed by atoms with van der Waals surface area (Å²) in [5.74, 6) is 0.962. The van der Waals surface area contributed by atoms with Crippen molar-refractivity contribution in [1.29, 1.82) is 0 Å². The smallest absolute Gasteiger partial charge is 0.199 e. The van der Waals surface area contributed by atoms with Gasteiger partial charge < -0.3 is 99.6 Å². The van der Waals surface area contributed by atoms with Crippen molar-refractivity contribution in [3.05, 3.63) is 290 Å². The summed E-state index contributed by atoms with van der Waals surface area (Å²) in [6.07, 6.45) is 6.58. The normalized spacial score (nSPS) is 15.8. The third kappa shape index (κ3) is 24.9. The summed E-state index contributed by atoms with van der Waals surface area (Å²) in [7, 11) is 3.96. The first-order valence-electron chi connectivity index (χ1n) is 50.2. The lowest BCUT2D eigenvalue weighted by molar-refractivity contribution is -0.883. The molecule has 6 aliphatic rings. The number of fused-ring (bicyclic) bond motifs is 10. The first-order chi connectivity index (χ1) is 72.4. The molecule has 36 heteroatoms. The van der Waals surface area contributed by atoms with Crippen molar-refractivity contribution in [2.75, 3.05) is 113 Å². The maximum Gasteiger partial charge on any atom is 0.199 e. The quantitative estimate of drug-likeness (QED) is 0.0130. The zero-order chi connectivity index (χ0) is 104. The topological polar surface area (TPSA) is 404 Å². The summed E-state index contributed by atoms with van der Waals surface area (Å²) in [6.45, 7) is 23.5. The van der Waals surface area contributed by atoms with Crippen molar-refractivity contribution in [3.8, 4) is 29.4 Å². The molecule has 11 heterocycles. The Morgan fingerprint density at radius 2 is 0.644 bits per heavy atom. The Labute approximate surface area is 904 Å². The monoisotopic (exact) mass is 2330 g/mol. The minimum Gasteiger partial charge on any atom is -0.494 e.